The third kappa shape index (κ3) is 2.81. The molecule has 1 N–H and O–H groups in total. The lowest BCUT2D eigenvalue weighted by atomic mass is 10.3. The molecule has 0 unspecified atom stereocenters. The van der Waals surface area contributed by atoms with Crippen molar-refractivity contribution in [2.75, 3.05) is 5.32 Å². The number of hydrogen-bond acceptors (Lipinski definition) is 1. The molecule has 20 heavy (non-hydrogen) atoms. The van der Waals surface area contributed by atoms with Crippen molar-refractivity contribution >= 4 is 43.5 Å². The summed E-state index contributed by atoms with van der Waals surface area (Å²) in [7, 11) is 0. The van der Waals surface area contributed by atoms with Crippen molar-refractivity contribution in [3.05, 3.63) is 50.9 Å². The summed E-state index contributed by atoms with van der Waals surface area (Å²) in [6.45, 7) is 0. The van der Waals surface area contributed by atoms with Crippen molar-refractivity contribution in [1.82, 2.24) is 4.57 Å². The molecule has 0 saturated heterocycles. The molecule has 0 radical (unpaired) electrons. The molecule has 0 atom stereocenters. The van der Waals surface area contributed by atoms with Crippen molar-refractivity contribution < 1.29 is 9.18 Å². The largest absolute Gasteiger partial charge is 0.339 e. The van der Waals surface area contributed by atoms with Gasteiger partial charge in [-0.2, -0.15) is 0 Å². The number of aromatic nitrogens is 1. The van der Waals surface area contributed by atoms with Gasteiger partial charge < -0.3 is 9.88 Å². The van der Waals surface area contributed by atoms with Gasteiger partial charge in [0.2, 0.25) is 0 Å². The minimum Gasteiger partial charge on any atom is -0.339 e. The molecule has 1 fully saturated rings. The maximum Gasteiger partial charge on any atom is 0.272 e. The van der Waals surface area contributed by atoms with Crippen LogP contribution in [0, 0.1) is 5.82 Å². The molecule has 1 aliphatic rings. The molecule has 3 nitrogen and oxygen atoms in total. The number of carbonyl (C=O) groups excluding carboxylic acids is 1. The van der Waals surface area contributed by atoms with Gasteiger partial charge in [0, 0.05) is 21.2 Å². The van der Waals surface area contributed by atoms with E-state index in [1.807, 2.05) is 10.8 Å². The normalized spacial score (nSPS) is 14.3. The monoisotopic (exact) mass is 400 g/mol. The molecular weight excluding hydrogens is 391 g/mol. The van der Waals surface area contributed by atoms with Crippen molar-refractivity contribution in [3.63, 3.8) is 0 Å². The third-order valence-electron chi connectivity index (χ3n) is 3.16. The van der Waals surface area contributed by atoms with Gasteiger partial charge in [0.25, 0.3) is 5.91 Å². The number of nitrogens with zero attached hydrogens (tertiary/aromatic N) is 1. The second-order valence-electron chi connectivity index (χ2n) is 4.76. The van der Waals surface area contributed by atoms with Crippen molar-refractivity contribution in [3.8, 4) is 0 Å². The van der Waals surface area contributed by atoms with E-state index in [0.29, 0.717) is 16.2 Å². The van der Waals surface area contributed by atoms with E-state index in [2.05, 4.69) is 37.2 Å². The number of amides is 1. The lowest BCUT2D eigenvalue weighted by Crippen LogP contribution is -2.17. The number of nitrogens with one attached hydrogen (secondary N) is 1. The van der Waals surface area contributed by atoms with Gasteiger partial charge in [0.05, 0.1) is 5.69 Å². The van der Waals surface area contributed by atoms with Gasteiger partial charge in [-0.05, 0) is 53.0 Å². The maximum absolute atomic E-state index is 13.7. The number of rotatable bonds is 3. The molecule has 1 amide bonds. The molecule has 1 heterocycles. The van der Waals surface area contributed by atoms with Gasteiger partial charge in [-0.15, -0.1) is 0 Å². The van der Waals surface area contributed by atoms with Crippen molar-refractivity contribution in [2.45, 2.75) is 18.9 Å². The van der Waals surface area contributed by atoms with Crippen LogP contribution in [0.4, 0.5) is 10.1 Å². The topological polar surface area (TPSA) is 34.0 Å². The minimum absolute atomic E-state index is 0.170. The van der Waals surface area contributed by atoms with E-state index in [1.54, 1.807) is 18.2 Å². The molecule has 0 bridgehead atoms. The molecule has 1 saturated carbocycles. The first-order valence-electron chi connectivity index (χ1n) is 6.18. The van der Waals surface area contributed by atoms with E-state index in [1.165, 1.54) is 6.07 Å². The SMILES string of the molecule is O=C(Nc1cc(Br)ccc1F)c1cc(Br)cn1C1CC1. The van der Waals surface area contributed by atoms with Crippen LogP contribution >= 0.6 is 31.9 Å². The van der Waals surface area contributed by atoms with Crippen LogP contribution < -0.4 is 5.32 Å². The highest BCUT2D eigenvalue weighted by molar-refractivity contribution is 9.10. The van der Waals surface area contributed by atoms with Gasteiger partial charge in [-0.3, -0.25) is 4.79 Å². The summed E-state index contributed by atoms with van der Waals surface area (Å²) in [4.78, 5) is 12.3. The first-order chi connectivity index (χ1) is 9.54. The summed E-state index contributed by atoms with van der Waals surface area (Å²) in [5, 5.41) is 2.62. The third-order valence-corrected chi connectivity index (χ3v) is 4.09. The van der Waals surface area contributed by atoms with Crippen LogP contribution in [-0.4, -0.2) is 10.5 Å². The highest BCUT2D eigenvalue weighted by atomic mass is 79.9. The Morgan fingerprint density at radius 1 is 1.25 bits per heavy atom. The Morgan fingerprint density at radius 2 is 2.00 bits per heavy atom. The Labute approximate surface area is 132 Å². The lowest BCUT2D eigenvalue weighted by molar-refractivity contribution is 0.101. The average molecular weight is 402 g/mol. The second kappa shape index (κ2) is 5.33. The molecule has 0 spiro atoms. The summed E-state index contributed by atoms with van der Waals surface area (Å²) < 4.78 is 17.2. The highest BCUT2D eigenvalue weighted by Gasteiger charge is 2.28. The van der Waals surface area contributed by atoms with E-state index in [4.69, 9.17) is 0 Å². The Kier molecular flexibility index (Phi) is 3.69. The zero-order chi connectivity index (χ0) is 14.3. The maximum atomic E-state index is 13.7. The van der Waals surface area contributed by atoms with Gasteiger partial charge in [-0.1, -0.05) is 15.9 Å². The fraction of sp³-hybridized carbons (Fsp3) is 0.214. The van der Waals surface area contributed by atoms with E-state index >= 15 is 0 Å². The number of halogens is 3. The fourth-order valence-electron chi connectivity index (χ4n) is 2.06. The van der Waals surface area contributed by atoms with Gasteiger partial charge in [0.15, 0.2) is 0 Å². The first-order valence-corrected chi connectivity index (χ1v) is 7.77. The van der Waals surface area contributed by atoms with E-state index in [-0.39, 0.29) is 11.6 Å². The van der Waals surface area contributed by atoms with Crippen LogP contribution in [0.2, 0.25) is 0 Å². The van der Waals surface area contributed by atoms with Gasteiger partial charge in [0.1, 0.15) is 11.5 Å². The average Bonchev–Trinajstić information content (AvgIpc) is 3.17. The van der Waals surface area contributed by atoms with Crippen LogP contribution in [-0.2, 0) is 0 Å². The van der Waals surface area contributed by atoms with Crippen LogP contribution in [0.1, 0.15) is 29.4 Å². The predicted octanol–water partition coefficient (Wildman–Crippen LogP) is 4.74. The van der Waals surface area contributed by atoms with Gasteiger partial charge in [-0.25, -0.2) is 4.39 Å². The Bertz CT molecular complexity index is 680. The zero-order valence-corrected chi connectivity index (χ0v) is 13.5. The fourth-order valence-corrected chi connectivity index (χ4v) is 2.86. The molecule has 1 aliphatic carbocycles. The Balaban J connectivity index is 1.87. The van der Waals surface area contributed by atoms with Crippen LogP contribution in [0.25, 0.3) is 0 Å². The Hall–Kier alpha value is -1.14. The molecule has 0 aliphatic heterocycles. The summed E-state index contributed by atoms with van der Waals surface area (Å²) in [5.74, 6) is -0.759. The Morgan fingerprint density at radius 3 is 2.70 bits per heavy atom. The summed E-state index contributed by atoms with van der Waals surface area (Å²) in [6.07, 6.45) is 4.04. The minimum atomic E-state index is -0.454. The van der Waals surface area contributed by atoms with E-state index in [9.17, 15) is 9.18 Å². The lowest BCUT2D eigenvalue weighted by Gasteiger charge is -2.09. The van der Waals surface area contributed by atoms with Crippen LogP contribution in [0.5, 0.6) is 0 Å². The number of benzene rings is 1. The standard InChI is InChI=1S/C14H11Br2FN2O/c15-8-1-4-11(17)12(5-8)18-14(20)13-6-9(16)7-19(13)10-2-3-10/h1,4-7,10H,2-3H2,(H,18,20). The van der Waals surface area contributed by atoms with Crippen molar-refractivity contribution in [1.29, 1.82) is 0 Å². The molecule has 104 valence electrons. The molecule has 2 aromatic rings. The first kappa shape index (κ1) is 13.8. The smallest absolute Gasteiger partial charge is 0.272 e. The number of carbonyl (C=O) groups is 1. The number of hydrogen-bond donors (Lipinski definition) is 1. The van der Waals surface area contributed by atoms with Crippen molar-refractivity contribution in [2.24, 2.45) is 0 Å². The molecular formula is C14H11Br2FN2O. The summed E-state index contributed by atoms with van der Waals surface area (Å²) >= 11 is 6.64. The van der Waals surface area contributed by atoms with Gasteiger partial charge >= 0.3 is 0 Å². The van der Waals surface area contributed by atoms with Crippen LogP contribution in [0.15, 0.2) is 39.4 Å². The van der Waals surface area contributed by atoms with E-state index in [0.717, 1.165) is 17.3 Å². The zero-order valence-electron chi connectivity index (χ0n) is 10.4. The molecule has 6 heteroatoms. The molecule has 1 aromatic heterocycles. The summed E-state index contributed by atoms with van der Waals surface area (Å²) in [6, 6.07) is 6.59. The molecule has 3 rings (SSSR count). The van der Waals surface area contributed by atoms with E-state index < -0.39 is 5.82 Å². The quantitative estimate of drug-likeness (QED) is 0.791. The second-order valence-corrected chi connectivity index (χ2v) is 6.59. The highest BCUT2D eigenvalue weighted by Crippen LogP contribution is 2.37. The van der Waals surface area contributed by atoms with Crippen LogP contribution in [0.3, 0.4) is 0 Å². The molecule has 1 aromatic carbocycles. The number of anilines is 1. The predicted molar refractivity (Wildman–Crippen MR) is 82.5 cm³/mol. The summed E-state index contributed by atoms with van der Waals surface area (Å²) in [5.41, 5.74) is 0.711.